The Morgan fingerprint density at radius 1 is 0.953 bits per heavy atom. The van der Waals surface area contributed by atoms with E-state index in [-0.39, 0.29) is 46.6 Å². The van der Waals surface area contributed by atoms with Gasteiger partial charge in [-0.2, -0.15) is 0 Å². The first kappa shape index (κ1) is 28.0. The van der Waals surface area contributed by atoms with Crippen LogP contribution in [0.4, 0.5) is 0 Å². The van der Waals surface area contributed by atoms with Crippen molar-refractivity contribution in [3.05, 3.63) is 99.1 Å². The molecule has 2 saturated heterocycles. The number of amides is 2. The molecule has 0 bridgehead atoms. The summed E-state index contributed by atoms with van der Waals surface area (Å²) >= 11 is 6.63. The summed E-state index contributed by atoms with van der Waals surface area (Å²) in [6.07, 6.45) is 5.48. The van der Waals surface area contributed by atoms with Crippen LogP contribution in [0, 0.1) is 17.8 Å². The maximum absolute atomic E-state index is 14.2. The van der Waals surface area contributed by atoms with E-state index in [1.54, 1.807) is 13.0 Å². The van der Waals surface area contributed by atoms with E-state index in [1.807, 2.05) is 24.3 Å². The van der Waals surface area contributed by atoms with E-state index in [1.165, 1.54) is 28.7 Å². The van der Waals surface area contributed by atoms with Crippen LogP contribution in [0.1, 0.15) is 49.7 Å². The highest BCUT2D eigenvalue weighted by Crippen LogP contribution is 2.56. The number of halogens is 1. The average molecular weight is 597 g/mol. The largest absolute Gasteiger partial charge is 0.508 e. The van der Waals surface area contributed by atoms with E-state index >= 15 is 0 Å². The van der Waals surface area contributed by atoms with Gasteiger partial charge in [0.15, 0.2) is 11.6 Å². The van der Waals surface area contributed by atoms with Gasteiger partial charge in [0.25, 0.3) is 0 Å². The molecule has 3 aliphatic carbocycles. The maximum Gasteiger partial charge on any atom is 0.233 e. The van der Waals surface area contributed by atoms with Crippen LogP contribution < -0.4 is 0 Å². The van der Waals surface area contributed by atoms with Crippen molar-refractivity contribution in [1.29, 1.82) is 0 Å². The second-order valence-corrected chi connectivity index (χ2v) is 12.9. The third kappa shape index (κ3) is 4.61. The molecule has 4 atom stereocenters. The fourth-order valence-electron chi connectivity index (χ4n) is 8.05. The number of phenols is 1. The molecule has 7 rings (SSSR count). The number of aromatic hydroxyl groups is 1. The molecule has 4 unspecified atom stereocenters. The molecular formula is C35H33ClN2O5. The van der Waals surface area contributed by atoms with Crippen LogP contribution in [-0.4, -0.2) is 57.4 Å². The molecule has 0 radical (unpaired) electrons. The number of benzene rings is 2. The Morgan fingerprint density at radius 2 is 1.70 bits per heavy atom. The zero-order chi connectivity index (χ0) is 30.0. The molecule has 1 N–H and O–H groups in total. The number of hydrogen-bond acceptors (Lipinski definition) is 6. The molecule has 43 heavy (non-hydrogen) atoms. The number of hydrogen-bond donors (Lipinski definition) is 1. The van der Waals surface area contributed by atoms with Crippen LogP contribution in [0.25, 0.3) is 0 Å². The van der Waals surface area contributed by atoms with E-state index in [2.05, 4.69) is 17.0 Å². The average Bonchev–Trinajstić information content (AvgIpc) is 3.25. The summed E-state index contributed by atoms with van der Waals surface area (Å²) in [5.41, 5.74) is 3.89. The number of phenolic OH excluding ortho intramolecular Hbond substituents is 1. The van der Waals surface area contributed by atoms with Gasteiger partial charge in [0.1, 0.15) is 5.75 Å². The summed E-state index contributed by atoms with van der Waals surface area (Å²) in [6, 6.07) is 14.8. The number of likely N-dealkylation sites (tertiary alicyclic amines) is 2. The minimum Gasteiger partial charge on any atom is -0.508 e. The molecule has 5 aliphatic rings. The summed E-state index contributed by atoms with van der Waals surface area (Å²) in [6.45, 7) is 4.09. The first-order chi connectivity index (χ1) is 20.7. The Morgan fingerprint density at radius 3 is 2.42 bits per heavy atom. The molecule has 0 spiro atoms. The molecule has 2 aromatic carbocycles. The number of imide groups is 1. The van der Waals surface area contributed by atoms with Crippen molar-refractivity contribution in [2.45, 2.75) is 51.1 Å². The summed E-state index contributed by atoms with van der Waals surface area (Å²) < 4.78 is 0. The molecule has 7 nitrogen and oxygen atoms in total. The lowest BCUT2D eigenvalue weighted by Gasteiger charge is -2.42. The first-order valence-corrected chi connectivity index (χ1v) is 15.4. The van der Waals surface area contributed by atoms with Crippen LogP contribution in [0.3, 0.4) is 0 Å². The number of carbonyl (C=O) groups is 4. The smallest absolute Gasteiger partial charge is 0.233 e. The number of ketones is 2. The molecule has 2 aromatic rings. The molecule has 2 aliphatic heterocycles. The Hall–Kier alpha value is -3.81. The van der Waals surface area contributed by atoms with Gasteiger partial charge >= 0.3 is 0 Å². The Kier molecular flexibility index (Phi) is 6.98. The molecular weight excluding hydrogens is 564 g/mol. The van der Waals surface area contributed by atoms with Crippen LogP contribution in [-0.2, 0) is 25.7 Å². The van der Waals surface area contributed by atoms with E-state index in [9.17, 15) is 24.3 Å². The fraction of sp³-hybridized carbons (Fsp3) is 0.371. The minimum absolute atomic E-state index is 0.00295. The second-order valence-electron chi connectivity index (χ2n) is 12.5. The number of fused-ring (bicyclic) bond motifs is 3. The Labute approximate surface area is 255 Å². The van der Waals surface area contributed by atoms with Gasteiger partial charge in [0.2, 0.25) is 11.8 Å². The van der Waals surface area contributed by atoms with E-state index in [0.29, 0.717) is 28.7 Å². The zero-order valence-corrected chi connectivity index (χ0v) is 24.7. The van der Waals surface area contributed by atoms with Gasteiger partial charge in [-0.1, -0.05) is 59.6 Å². The van der Waals surface area contributed by atoms with Gasteiger partial charge in [-0.05, 0) is 67.9 Å². The summed E-state index contributed by atoms with van der Waals surface area (Å²) in [5, 5.41) is 10.3. The van der Waals surface area contributed by atoms with Gasteiger partial charge in [-0.3, -0.25) is 29.0 Å². The topological polar surface area (TPSA) is 95.0 Å². The third-order valence-corrected chi connectivity index (χ3v) is 10.4. The molecule has 220 valence electrons. The standard InChI is InChI=1S/C35H33ClN2O5/c1-19-15-29(40)32-27(33(19)41)17-26-23(30(32)24-8-7-22(39)16-28(24)36)9-10-25-31(26)35(43)38(34(25)42)21-11-13-37(14-12-21)18-20-5-3-2-4-6-20/h2-9,15-16,21,25-26,30-31,39H,10-14,17-18H2,1H3. The minimum atomic E-state index is -0.623. The molecule has 2 amide bonds. The molecule has 2 fully saturated rings. The normalized spacial score (nSPS) is 28.0. The van der Waals surface area contributed by atoms with Gasteiger partial charge < -0.3 is 5.11 Å². The molecule has 2 heterocycles. The van der Waals surface area contributed by atoms with Crippen molar-refractivity contribution in [1.82, 2.24) is 9.80 Å². The number of rotatable bonds is 4. The number of carbonyl (C=O) groups excluding carboxylic acids is 4. The number of Topliss-reactive ketones (excluding diaryl/α,β-unsaturated/α-hetero) is 1. The lowest BCUT2D eigenvalue weighted by molar-refractivity contribution is -0.144. The van der Waals surface area contributed by atoms with E-state index in [0.717, 1.165) is 38.0 Å². The Bertz CT molecular complexity index is 1650. The first-order valence-electron chi connectivity index (χ1n) is 15.0. The van der Waals surface area contributed by atoms with Crippen molar-refractivity contribution >= 4 is 35.0 Å². The lowest BCUT2D eigenvalue weighted by Crippen LogP contribution is -2.47. The second kappa shape index (κ2) is 10.7. The van der Waals surface area contributed by atoms with Crippen molar-refractivity contribution in [3.8, 4) is 5.75 Å². The predicted octanol–water partition coefficient (Wildman–Crippen LogP) is 5.14. The highest BCUT2D eigenvalue weighted by molar-refractivity contribution is 6.32. The van der Waals surface area contributed by atoms with Gasteiger partial charge in [-0.15, -0.1) is 0 Å². The van der Waals surface area contributed by atoms with Gasteiger partial charge in [0, 0.05) is 53.3 Å². The van der Waals surface area contributed by atoms with Crippen LogP contribution >= 0.6 is 11.6 Å². The Balaban J connectivity index is 1.19. The SMILES string of the molecule is CC1=CC(=O)C2=C(CC3C(=CCC4C(=O)N(C5CCN(Cc6ccccc6)CC5)C(=O)C43)C2c2ccc(O)cc2Cl)C1=O. The summed E-state index contributed by atoms with van der Waals surface area (Å²) in [7, 11) is 0. The van der Waals surface area contributed by atoms with Crippen molar-refractivity contribution in [3.63, 3.8) is 0 Å². The third-order valence-electron chi connectivity index (χ3n) is 10.1. The van der Waals surface area contributed by atoms with Crippen LogP contribution in [0.15, 0.2) is 83.0 Å². The number of allylic oxidation sites excluding steroid dienone is 6. The zero-order valence-electron chi connectivity index (χ0n) is 24.0. The monoisotopic (exact) mass is 596 g/mol. The number of nitrogens with zero attached hydrogens (tertiary/aromatic N) is 2. The molecule has 0 aromatic heterocycles. The summed E-state index contributed by atoms with van der Waals surface area (Å²) in [4.78, 5) is 58.9. The van der Waals surface area contributed by atoms with Crippen molar-refractivity contribution in [2.24, 2.45) is 17.8 Å². The number of piperidine rings is 1. The van der Waals surface area contributed by atoms with E-state index in [4.69, 9.17) is 11.6 Å². The highest BCUT2D eigenvalue weighted by Gasteiger charge is 2.57. The lowest BCUT2D eigenvalue weighted by atomic mass is 9.59. The van der Waals surface area contributed by atoms with Gasteiger partial charge in [-0.25, -0.2) is 0 Å². The molecule has 0 saturated carbocycles. The van der Waals surface area contributed by atoms with Crippen LogP contribution in [0.2, 0.25) is 5.02 Å². The van der Waals surface area contributed by atoms with Crippen molar-refractivity contribution in [2.75, 3.05) is 13.1 Å². The van der Waals surface area contributed by atoms with E-state index < -0.39 is 23.7 Å². The van der Waals surface area contributed by atoms with Crippen LogP contribution in [0.5, 0.6) is 5.75 Å². The maximum atomic E-state index is 14.2. The van der Waals surface area contributed by atoms with Gasteiger partial charge in [0.05, 0.1) is 11.8 Å². The summed E-state index contributed by atoms with van der Waals surface area (Å²) in [5.74, 6) is -2.80. The highest BCUT2D eigenvalue weighted by atomic mass is 35.5. The van der Waals surface area contributed by atoms with Crippen molar-refractivity contribution < 1.29 is 24.3 Å². The molecule has 8 heteroatoms. The quantitative estimate of drug-likeness (QED) is 0.298. The fourth-order valence-corrected chi connectivity index (χ4v) is 8.33. The predicted molar refractivity (Wildman–Crippen MR) is 161 cm³/mol.